The Morgan fingerprint density at radius 3 is 2.48 bits per heavy atom. The first-order valence-corrected chi connectivity index (χ1v) is 10.5. The summed E-state index contributed by atoms with van der Waals surface area (Å²) in [6.07, 6.45) is 4.96. The van der Waals surface area contributed by atoms with E-state index in [-0.39, 0.29) is 10.7 Å². The number of carbonyl (C=O) groups is 1. The lowest BCUT2D eigenvalue weighted by atomic mass is 9.78. The molecule has 2 N–H and O–H groups in total. The predicted molar refractivity (Wildman–Crippen MR) is 105 cm³/mol. The van der Waals surface area contributed by atoms with Crippen molar-refractivity contribution in [2.45, 2.75) is 40.3 Å². The maximum absolute atomic E-state index is 13.5. The Kier molecular flexibility index (Phi) is 3.87. The number of hydrogen-bond donors (Lipinski definition) is 1. The lowest BCUT2D eigenvalue weighted by Gasteiger charge is -2.28. The highest BCUT2D eigenvalue weighted by atomic mass is 32.2. The van der Waals surface area contributed by atoms with Crippen LogP contribution in [-0.4, -0.2) is 23.3 Å². The minimum atomic E-state index is -3.75. The number of aromatic nitrogens is 2. The molecule has 2 aliphatic rings. The summed E-state index contributed by atoms with van der Waals surface area (Å²) in [4.78, 5) is 13.5. The Morgan fingerprint density at radius 2 is 1.85 bits per heavy atom. The second-order valence-corrected chi connectivity index (χ2v) is 9.22. The smallest absolute Gasteiger partial charge is 0.237 e. The highest BCUT2D eigenvalue weighted by Crippen LogP contribution is 2.38. The lowest BCUT2D eigenvalue weighted by molar-refractivity contribution is 0.0859. The fourth-order valence-corrected chi connectivity index (χ4v) is 4.66. The van der Waals surface area contributed by atoms with E-state index in [0.29, 0.717) is 12.1 Å². The van der Waals surface area contributed by atoms with Crippen molar-refractivity contribution in [2.75, 3.05) is 0 Å². The van der Waals surface area contributed by atoms with Gasteiger partial charge in [0.25, 0.3) is 0 Å². The van der Waals surface area contributed by atoms with Crippen LogP contribution < -0.4 is 5.14 Å². The molecule has 27 heavy (non-hydrogen) atoms. The van der Waals surface area contributed by atoms with E-state index >= 15 is 0 Å². The van der Waals surface area contributed by atoms with E-state index in [1.165, 1.54) is 17.8 Å². The van der Waals surface area contributed by atoms with Crippen LogP contribution in [0.1, 0.15) is 35.1 Å². The molecule has 6 nitrogen and oxygen atoms in total. The minimum Gasteiger partial charge on any atom is -0.342 e. The van der Waals surface area contributed by atoms with E-state index in [1.54, 1.807) is 6.08 Å². The molecule has 1 atom stereocenters. The van der Waals surface area contributed by atoms with Crippen molar-refractivity contribution in [3.05, 3.63) is 58.3 Å². The van der Waals surface area contributed by atoms with Crippen molar-refractivity contribution in [1.82, 2.24) is 9.13 Å². The quantitative estimate of drug-likeness (QED) is 0.824. The summed E-state index contributed by atoms with van der Waals surface area (Å²) in [6, 6.07) is 6.26. The molecule has 7 heteroatoms. The van der Waals surface area contributed by atoms with Gasteiger partial charge in [0.2, 0.25) is 10.0 Å². The second kappa shape index (κ2) is 5.81. The zero-order chi connectivity index (χ0) is 19.6. The van der Waals surface area contributed by atoms with E-state index in [4.69, 9.17) is 5.14 Å². The average molecular weight is 385 g/mol. The minimum absolute atomic E-state index is 0.00366. The molecule has 0 fully saturated rings. The highest BCUT2D eigenvalue weighted by Gasteiger charge is 2.37. The number of primary sulfonamides is 1. The van der Waals surface area contributed by atoms with Gasteiger partial charge in [0.15, 0.2) is 5.78 Å². The Hall–Kier alpha value is -2.38. The summed E-state index contributed by atoms with van der Waals surface area (Å²) in [6.45, 7) is 7.46. The van der Waals surface area contributed by atoms with Crippen LogP contribution in [0, 0.1) is 19.3 Å². The normalized spacial score (nSPS) is 21.6. The number of nitrogens with two attached hydrogens (primary N) is 1. The standard InChI is InChI=1S/C20H23N3O3S/c1-13-12-17-16-5-4-14(2)22(16)10-11-23(17)18(13)19(24)20(3)8-6-15(7-9-20)27(21,25)26/h4-8,12H,9-11H2,1-3H3,(H2,21,25,26). The van der Waals surface area contributed by atoms with Gasteiger partial charge in [-0.25, -0.2) is 13.6 Å². The third-order valence-corrected chi connectivity index (χ3v) is 6.66. The highest BCUT2D eigenvalue weighted by molar-refractivity contribution is 7.93. The molecule has 2 aromatic rings. The number of aryl methyl sites for hydroxylation is 2. The molecule has 4 rings (SSSR count). The number of allylic oxidation sites excluding steroid dienone is 3. The maximum Gasteiger partial charge on any atom is 0.237 e. The second-order valence-electron chi connectivity index (χ2n) is 7.66. The van der Waals surface area contributed by atoms with Gasteiger partial charge < -0.3 is 9.13 Å². The molecule has 3 heterocycles. The number of sulfonamides is 1. The average Bonchev–Trinajstić information content (AvgIpc) is 3.13. The zero-order valence-electron chi connectivity index (χ0n) is 15.7. The van der Waals surface area contributed by atoms with Gasteiger partial charge in [-0.05, 0) is 57.0 Å². The van der Waals surface area contributed by atoms with Crippen LogP contribution in [0.4, 0.5) is 0 Å². The molecule has 142 valence electrons. The summed E-state index contributed by atoms with van der Waals surface area (Å²) < 4.78 is 27.4. The Labute approximate surface area is 159 Å². The molecule has 1 aliphatic carbocycles. The Morgan fingerprint density at radius 1 is 1.15 bits per heavy atom. The van der Waals surface area contributed by atoms with Crippen LogP contribution in [0.5, 0.6) is 0 Å². The Bertz CT molecular complexity index is 1130. The Balaban J connectivity index is 1.74. The van der Waals surface area contributed by atoms with Gasteiger partial charge in [-0.1, -0.05) is 12.2 Å². The zero-order valence-corrected chi connectivity index (χ0v) is 16.5. The third-order valence-electron chi connectivity index (χ3n) is 5.70. The molecular weight excluding hydrogens is 362 g/mol. The summed E-state index contributed by atoms with van der Waals surface area (Å²) >= 11 is 0. The van der Waals surface area contributed by atoms with E-state index < -0.39 is 15.4 Å². The van der Waals surface area contributed by atoms with Crippen LogP contribution in [0.25, 0.3) is 11.4 Å². The summed E-state index contributed by atoms with van der Waals surface area (Å²) in [5.41, 5.74) is 4.25. The first kappa shape index (κ1) is 18.0. The maximum atomic E-state index is 13.5. The summed E-state index contributed by atoms with van der Waals surface area (Å²) in [5.74, 6) is 0.00366. The van der Waals surface area contributed by atoms with Gasteiger partial charge in [-0.2, -0.15) is 0 Å². The number of Topliss-reactive ketones (excluding diaryl/α,β-unsaturated/α-hetero) is 1. The van der Waals surface area contributed by atoms with Gasteiger partial charge in [-0.15, -0.1) is 0 Å². The molecule has 0 spiro atoms. The molecule has 0 aromatic carbocycles. The van der Waals surface area contributed by atoms with Crippen molar-refractivity contribution in [1.29, 1.82) is 0 Å². The molecule has 1 aliphatic heterocycles. The third kappa shape index (κ3) is 2.73. The fourth-order valence-electron chi connectivity index (χ4n) is 4.09. The van der Waals surface area contributed by atoms with E-state index in [0.717, 1.165) is 30.0 Å². The number of hydrogen-bond acceptors (Lipinski definition) is 3. The van der Waals surface area contributed by atoms with E-state index in [9.17, 15) is 13.2 Å². The first-order chi connectivity index (χ1) is 12.6. The van der Waals surface area contributed by atoms with Gasteiger partial charge >= 0.3 is 0 Å². The van der Waals surface area contributed by atoms with Gasteiger partial charge in [-0.3, -0.25) is 4.79 Å². The van der Waals surface area contributed by atoms with Crippen LogP contribution in [0.3, 0.4) is 0 Å². The molecule has 1 unspecified atom stereocenters. The molecule has 0 saturated carbocycles. The number of carbonyl (C=O) groups excluding carboxylic acids is 1. The van der Waals surface area contributed by atoms with Gasteiger partial charge in [0.05, 0.1) is 27.4 Å². The van der Waals surface area contributed by atoms with Crippen molar-refractivity contribution in [3.63, 3.8) is 0 Å². The number of fused-ring (bicyclic) bond motifs is 3. The van der Waals surface area contributed by atoms with Crippen LogP contribution in [0.2, 0.25) is 0 Å². The number of ketones is 1. The van der Waals surface area contributed by atoms with E-state index in [1.807, 2.05) is 13.8 Å². The number of rotatable bonds is 3. The van der Waals surface area contributed by atoms with Crippen molar-refractivity contribution < 1.29 is 13.2 Å². The molecule has 0 saturated heterocycles. The van der Waals surface area contributed by atoms with Crippen molar-refractivity contribution in [2.24, 2.45) is 10.6 Å². The van der Waals surface area contributed by atoms with E-state index in [2.05, 4.69) is 34.3 Å². The monoisotopic (exact) mass is 385 g/mol. The fraction of sp³-hybridized carbons (Fsp3) is 0.350. The van der Waals surface area contributed by atoms with Gasteiger partial charge in [0, 0.05) is 18.8 Å². The van der Waals surface area contributed by atoms with Crippen molar-refractivity contribution in [3.8, 4) is 11.4 Å². The molecule has 0 radical (unpaired) electrons. The van der Waals surface area contributed by atoms with Crippen LogP contribution in [0.15, 0.2) is 41.3 Å². The SMILES string of the molecule is Cc1cc2n(c1C(=O)C1(C)C=CC(S(N)(=O)=O)=CC1)CCn1c(C)ccc1-2. The molecule has 2 aromatic heterocycles. The van der Waals surface area contributed by atoms with Gasteiger partial charge in [0.1, 0.15) is 0 Å². The predicted octanol–water partition coefficient (Wildman–Crippen LogP) is 2.91. The van der Waals surface area contributed by atoms with Crippen molar-refractivity contribution >= 4 is 15.8 Å². The summed E-state index contributed by atoms with van der Waals surface area (Å²) in [7, 11) is -3.75. The number of nitrogens with zero attached hydrogens (tertiary/aromatic N) is 2. The topological polar surface area (TPSA) is 87.1 Å². The van der Waals surface area contributed by atoms with Crippen LogP contribution in [-0.2, 0) is 23.1 Å². The summed E-state index contributed by atoms with van der Waals surface area (Å²) in [5, 5.41) is 5.19. The largest absolute Gasteiger partial charge is 0.342 e. The molecular formula is C20H23N3O3S. The van der Waals surface area contributed by atoms with Crippen LogP contribution >= 0.6 is 0 Å². The molecule has 0 bridgehead atoms. The first-order valence-electron chi connectivity index (χ1n) is 8.95. The lowest BCUT2D eigenvalue weighted by Crippen LogP contribution is -2.31. The molecule has 0 amide bonds.